The Morgan fingerprint density at radius 1 is 1.32 bits per heavy atom. The fourth-order valence-corrected chi connectivity index (χ4v) is 2.02. The minimum atomic E-state index is -0.975. The van der Waals surface area contributed by atoms with Crippen LogP contribution in [0.4, 0.5) is 0 Å². The second kappa shape index (κ2) is 6.02. The molecule has 0 aliphatic heterocycles. The van der Waals surface area contributed by atoms with Crippen LogP contribution in [-0.4, -0.2) is 34.5 Å². The van der Waals surface area contributed by atoms with Gasteiger partial charge in [-0.05, 0) is 36.6 Å². The van der Waals surface area contributed by atoms with Crippen molar-refractivity contribution in [1.82, 2.24) is 4.90 Å². The van der Waals surface area contributed by atoms with Gasteiger partial charge in [-0.2, -0.15) is 0 Å². The van der Waals surface area contributed by atoms with Crippen molar-refractivity contribution in [3.8, 4) is 0 Å². The Morgan fingerprint density at radius 3 is 2.47 bits per heavy atom. The molecular formula is C14H14BrNO3. The lowest BCUT2D eigenvalue weighted by atomic mass is 10.2. The van der Waals surface area contributed by atoms with Gasteiger partial charge in [0.15, 0.2) is 0 Å². The third-order valence-corrected chi connectivity index (χ3v) is 3.39. The van der Waals surface area contributed by atoms with Gasteiger partial charge in [-0.3, -0.25) is 9.59 Å². The van der Waals surface area contributed by atoms with Crippen LogP contribution < -0.4 is 0 Å². The lowest BCUT2D eigenvalue weighted by molar-refractivity contribution is -0.143. The molecule has 100 valence electrons. The molecule has 5 heteroatoms. The Kier molecular flexibility index (Phi) is 4.37. The van der Waals surface area contributed by atoms with Crippen LogP contribution in [0.3, 0.4) is 0 Å². The molecule has 1 aliphatic carbocycles. The van der Waals surface area contributed by atoms with Gasteiger partial charge in [0.25, 0.3) is 0 Å². The number of nitrogens with zero attached hydrogens (tertiary/aromatic N) is 1. The first-order chi connectivity index (χ1) is 9.06. The molecule has 0 bridgehead atoms. The zero-order chi connectivity index (χ0) is 13.8. The van der Waals surface area contributed by atoms with E-state index in [0.717, 1.165) is 22.9 Å². The van der Waals surface area contributed by atoms with Gasteiger partial charge in [0.05, 0.1) is 0 Å². The first-order valence-electron chi connectivity index (χ1n) is 6.02. The number of aliphatic carboxylic acids is 1. The molecule has 2 rings (SSSR count). The molecule has 0 atom stereocenters. The number of carbonyl (C=O) groups excluding carboxylic acids is 1. The third kappa shape index (κ3) is 4.21. The number of benzene rings is 1. The lowest BCUT2D eigenvalue weighted by Gasteiger charge is -2.17. The average molecular weight is 324 g/mol. The Bertz CT molecular complexity index is 506. The second-order valence-electron chi connectivity index (χ2n) is 4.48. The van der Waals surface area contributed by atoms with Crippen LogP contribution in [0.15, 0.2) is 34.8 Å². The fraction of sp³-hybridized carbons (Fsp3) is 0.286. The van der Waals surface area contributed by atoms with Crippen molar-refractivity contribution in [3.63, 3.8) is 0 Å². The Hall–Kier alpha value is -1.62. The molecule has 0 radical (unpaired) electrons. The first-order valence-corrected chi connectivity index (χ1v) is 6.81. The van der Waals surface area contributed by atoms with Crippen LogP contribution in [0.5, 0.6) is 0 Å². The van der Waals surface area contributed by atoms with Crippen molar-refractivity contribution in [2.24, 2.45) is 0 Å². The van der Waals surface area contributed by atoms with Crippen LogP contribution in [0.25, 0.3) is 6.08 Å². The SMILES string of the molecule is O=C(O)CN(C(=O)/C=C/c1ccc(Br)cc1)C1CC1. The molecule has 0 unspecified atom stereocenters. The molecule has 0 heterocycles. The van der Waals surface area contributed by atoms with E-state index in [1.165, 1.54) is 11.0 Å². The molecule has 0 saturated heterocycles. The Morgan fingerprint density at radius 2 is 1.95 bits per heavy atom. The summed E-state index contributed by atoms with van der Waals surface area (Å²) in [4.78, 5) is 24.1. The molecule has 1 aromatic rings. The molecule has 1 N–H and O–H groups in total. The normalized spacial score (nSPS) is 14.6. The minimum absolute atomic E-state index is 0.0955. The summed E-state index contributed by atoms with van der Waals surface area (Å²) in [7, 11) is 0. The number of hydrogen-bond donors (Lipinski definition) is 1. The molecule has 1 fully saturated rings. The van der Waals surface area contributed by atoms with E-state index in [1.807, 2.05) is 24.3 Å². The number of hydrogen-bond acceptors (Lipinski definition) is 2. The monoisotopic (exact) mass is 323 g/mol. The summed E-state index contributed by atoms with van der Waals surface area (Å²) in [5, 5.41) is 8.80. The van der Waals surface area contributed by atoms with Gasteiger partial charge in [0.2, 0.25) is 5.91 Å². The van der Waals surface area contributed by atoms with E-state index in [0.29, 0.717) is 0 Å². The molecule has 4 nitrogen and oxygen atoms in total. The summed E-state index contributed by atoms with van der Waals surface area (Å²) in [6.45, 7) is -0.228. The molecule has 1 amide bonds. The molecule has 1 saturated carbocycles. The number of amides is 1. The van der Waals surface area contributed by atoms with Crippen LogP contribution >= 0.6 is 15.9 Å². The molecule has 0 aromatic heterocycles. The highest BCUT2D eigenvalue weighted by Gasteiger charge is 2.32. The second-order valence-corrected chi connectivity index (χ2v) is 5.39. The molecular weight excluding hydrogens is 310 g/mol. The lowest BCUT2D eigenvalue weighted by Crippen LogP contribution is -2.36. The van der Waals surface area contributed by atoms with Gasteiger partial charge in [-0.1, -0.05) is 28.1 Å². The fourth-order valence-electron chi connectivity index (χ4n) is 1.76. The van der Waals surface area contributed by atoms with Crippen molar-refractivity contribution in [2.45, 2.75) is 18.9 Å². The van der Waals surface area contributed by atoms with E-state index in [-0.39, 0.29) is 18.5 Å². The maximum atomic E-state index is 12.0. The highest BCUT2D eigenvalue weighted by molar-refractivity contribution is 9.10. The van der Waals surface area contributed by atoms with Gasteiger partial charge in [0.1, 0.15) is 6.54 Å². The topological polar surface area (TPSA) is 57.6 Å². The summed E-state index contributed by atoms with van der Waals surface area (Å²) in [6.07, 6.45) is 4.92. The highest BCUT2D eigenvalue weighted by Crippen LogP contribution is 2.26. The predicted molar refractivity (Wildman–Crippen MR) is 75.5 cm³/mol. The van der Waals surface area contributed by atoms with Crippen LogP contribution in [-0.2, 0) is 9.59 Å². The van der Waals surface area contributed by atoms with Crippen LogP contribution in [0.1, 0.15) is 18.4 Å². The van der Waals surface area contributed by atoms with Gasteiger partial charge in [-0.15, -0.1) is 0 Å². The minimum Gasteiger partial charge on any atom is -0.480 e. The van der Waals surface area contributed by atoms with E-state index < -0.39 is 5.97 Å². The van der Waals surface area contributed by atoms with Crippen LogP contribution in [0.2, 0.25) is 0 Å². The number of rotatable bonds is 5. The number of carboxylic acid groups (broad SMARTS) is 1. The number of carboxylic acids is 1. The number of carbonyl (C=O) groups is 2. The molecule has 0 spiro atoms. The van der Waals surface area contributed by atoms with Gasteiger partial charge >= 0.3 is 5.97 Å². The first kappa shape index (κ1) is 13.8. The van der Waals surface area contributed by atoms with E-state index in [4.69, 9.17) is 5.11 Å². The maximum Gasteiger partial charge on any atom is 0.323 e. The Balaban J connectivity index is 2.01. The Labute approximate surface area is 119 Å². The van der Waals surface area contributed by atoms with Crippen molar-refractivity contribution >= 4 is 33.9 Å². The zero-order valence-corrected chi connectivity index (χ0v) is 11.8. The molecule has 1 aliphatic rings. The number of halogens is 1. The van der Waals surface area contributed by atoms with E-state index in [9.17, 15) is 9.59 Å². The zero-order valence-electron chi connectivity index (χ0n) is 10.3. The van der Waals surface area contributed by atoms with Crippen molar-refractivity contribution < 1.29 is 14.7 Å². The summed E-state index contributed by atoms with van der Waals surface area (Å²) in [5.41, 5.74) is 0.905. The van der Waals surface area contributed by atoms with Gasteiger partial charge in [-0.25, -0.2) is 0 Å². The van der Waals surface area contributed by atoms with E-state index >= 15 is 0 Å². The largest absolute Gasteiger partial charge is 0.480 e. The standard InChI is InChI=1S/C14H14BrNO3/c15-11-4-1-10(2-5-11)3-8-13(17)16(9-14(18)19)12-6-7-12/h1-5,8,12H,6-7,9H2,(H,18,19)/b8-3+. The third-order valence-electron chi connectivity index (χ3n) is 2.86. The van der Waals surface area contributed by atoms with Gasteiger partial charge < -0.3 is 10.0 Å². The molecule has 1 aromatic carbocycles. The molecule has 19 heavy (non-hydrogen) atoms. The summed E-state index contributed by atoms with van der Waals surface area (Å²) in [5.74, 6) is -1.22. The smallest absolute Gasteiger partial charge is 0.323 e. The summed E-state index contributed by atoms with van der Waals surface area (Å²) >= 11 is 3.34. The summed E-state index contributed by atoms with van der Waals surface area (Å²) < 4.78 is 0.974. The van der Waals surface area contributed by atoms with Gasteiger partial charge in [0, 0.05) is 16.6 Å². The predicted octanol–water partition coefficient (Wildman–Crippen LogP) is 2.54. The van der Waals surface area contributed by atoms with Crippen molar-refractivity contribution in [2.75, 3.05) is 6.54 Å². The van der Waals surface area contributed by atoms with E-state index in [2.05, 4.69) is 15.9 Å². The summed E-state index contributed by atoms with van der Waals surface area (Å²) in [6, 6.07) is 7.64. The average Bonchev–Trinajstić information content (AvgIpc) is 3.19. The quantitative estimate of drug-likeness (QED) is 0.847. The van der Waals surface area contributed by atoms with E-state index in [1.54, 1.807) is 6.08 Å². The maximum absolute atomic E-state index is 12.0. The van der Waals surface area contributed by atoms with Crippen LogP contribution in [0, 0.1) is 0 Å². The highest BCUT2D eigenvalue weighted by atomic mass is 79.9. The van der Waals surface area contributed by atoms with Crippen molar-refractivity contribution in [1.29, 1.82) is 0 Å². The van der Waals surface area contributed by atoms with Crippen molar-refractivity contribution in [3.05, 3.63) is 40.4 Å².